The second-order valence-electron chi connectivity index (χ2n) is 6.92. The van der Waals surface area contributed by atoms with E-state index in [1.165, 1.54) is 82.3 Å². The first-order chi connectivity index (χ1) is 10.3. The molecule has 3 rings (SSSR count). The molecule has 1 aliphatic heterocycles. The monoisotopic (exact) mass is 286 g/mol. The second-order valence-corrected chi connectivity index (χ2v) is 6.92. The summed E-state index contributed by atoms with van der Waals surface area (Å²) in [5.41, 5.74) is 3.41. The fourth-order valence-corrected chi connectivity index (χ4v) is 4.19. The third-order valence-electron chi connectivity index (χ3n) is 5.26. The third kappa shape index (κ3) is 3.42. The zero-order valence-electron chi connectivity index (χ0n) is 13.5. The zero-order valence-corrected chi connectivity index (χ0v) is 13.5. The SMILES string of the molecule is CCCc1ccccc1N1CCCNC2(CCCCC2)C1. The van der Waals surface area contributed by atoms with Crippen molar-refractivity contribution in [3.05, 3.63) is 29.8 Å². The van der Waals surface area contributed by atoms with Crippen LogP contribution in [-0.2, 0) is 6.42 Å². The molecular weight excluding hydrogens is 256 g/mol. The summed E-state index contributed by atoms with van der Waals surface area (Å²) in [7, 11) is 0. The Labute approximate surface area is 129 Å². The molecule has 1 saturated carbocycles. The van der Waals surface area contributed by atoms with Crippen molar-refractivity contribution in [1.82, 2.24) is 5.32 Å². The van der Waals surface area contributed by atoms with E-state index in [-0.39, 0.29) is 0 Å². The number of anilines is 1. The highest BCUT2D eigenvalue weighted by Crippen LogP contribution is 2.33. The number of hydrogen-bond acceptors (Lipinski definition) is 2. The number of aryl methyl sites for hydroxylation is 1. The van der Waals surface area contributed by atoms with Gasteiger partial charge in [-0.2, -0.15) is 0 Å². The molecule has 2 heteroatoms. The minimum absolute atomic E-state index is 0.383. The van der Waals surface area contributed by atoms with E-state index in [4.69, 9.17) is 0 Å². The standard InChI is InChI=1S/C19H30N2/c1-2-9-17-10-4-5-11-18(17)21-15-8-14-20-19(16-21)12-6-3-7-13-19/h4-5,10-11,20H,2-3,6-9,12-16H2,1H3. The van der Waals surface area contributed by atoms with Gasteiger partial charge in [-0.25, -0.2) is 0 Å². The maximum atomic E-state index is 3.91. The summed E-state index contributed by atoms with van der Waals surface area (Å²) in [6.45, 7) is 5.87. The van der Waals surface area contributed by atoms with Crippen LogP contribution in [0.2, 0.25) is 0 Å². The van der Waals surface area contributed by atoms with Crippen molar-refractivity contribution in [1.29, 1.82) is 0 Å². The van der Waals surface area contributed by atoms with Crippen LogP contribution in [0.3, 0.4) is 0 Å². The molecule has 1 heterocycles. The molecule has 0 amide bonds. The van der Waals surface area contributed by atoms with Crippen molar-refractivity contribution in [2.24, 2.45) is 0 Å². The van der Waals surface area contributed by atoms with Gasteiger partial charge in [-0.15, -0.1) is 0 Å². The molecule has 1 aromatic carbocycles. The normalized spacial score (nSPS) is 22.2. The lowest BCUT2D eigenvalue weighted by Gasteiger charge is -2.41. The lowest BCUT2D eigenvalue weighted by atomic mass is 9.81. The summed E-state index contributed by atoms with van der Waals surface area (Å²) < 4.78 is 0. The molecule has 0 bridgehead atoms. The van der Waals surface area contributed by atoms with Crippen LogP contribution in [0.5, 0.6) is 0 Å². The van der Waals surface area contributed by atoms with Crippen LogP contribution in [-0.4, -0.2) is 25.2 Å². The van der Waals surface area contributed by atoms with Crippen LogP contribution >= 0.6 is 0 Å². The van der Waals surface area contributed by atoms with Crippen LogP contribution in [0.15, 0.2) is 24.3 Å². The van der Waals surface area contributed by atoms with Crippen molar-refractivity contribution in [3.63, 3.8) is 0 Å². The van der Waals surface area contributed by atoms with Gasteiger partial charge in [-0.3, -0.25) is 0 Å². The number of nitrogens with zero attached hydrogens (tertiary/aromatic N) is 1. The Hall–Kier alpha value is -1.02. The molecule has 0 atom stereocenters. The maximum absolute atomic E-state index is 3.91. The predicted octanol–water partition coefficient (Wildman–Crippen LogP) is 4.14. The molecule has 1 aromatic rings. The molecule has 1 aliphatic carbocycles. The van der Waals surface area contributed by atoms with E-state index in [0.29, 0.717) is 5.54 Å². The largest absolute Gasteiger partial charge is 0.369 e. The zero-order chi connectivity index (χ0) is 14.5. The van der Waals surface area contributed by atoms with Crippen molar-refractivity contribution >= 4 is 5.69 Å². The Morgan fingerprint density at radius 1 is 1.10 bits per heavy atom. The fraction of sp³-hybridized carbons (Fsp3) is 0.684. The van der Waals surface area contributed by atoms with Gasteiger partial charge in [0.1, 0.15) is 0 Å². The molecule has 0 aromatic heterocycles. The third-order valence-corrected chi connectivity index (χ3v) is 5.26. The number of para-hydroxylation sites is 1. The van der Waals surface area contributed by atoms with Crippen LogP contribution in [0, 0.1) is 0 Å². The van der Waals surface area contributed by atoms with E-state index in [2.05, 4.69) is 41.4 Å². The van der Waals surface area contributed by atoms with Crippen molar-refractivity contribution < 1.29 is 0 Å². The molecule has 2 nitrogen and oxygen atoms in total. The highest BCUT2D eigenvalue weighted by molar-refractivity contribution is 5.54. The highest BCUT2D eigenvalue weighted by Gasteiger charge is 2.35. The Morgan fingerprint density at radius 2 is 1.90 bits per heavy atom. The number of rotatable bonds is 3. The summed E-state index contributed by atoms with van der Waals surface area (Å²) in [6, 6.07) is 9.07. The van der Waals surface area contributed by atoms with Gasteiger partial charge in [0.15, 0.2) is 0 Å². The summed E-state index contributed by atoms with van der Waals surface area (Å²) >= 11 is 0. The van der Waals surface area contributed by atoms with E-state index >= 15 is 0 Å². The molecule has 0 radical (unpaired) electrons. The summed E-state index contributed by atoms with van der Waals surface area (Å²) in [4.78, 5) is 2.68. The topological polar surface area (TPSA) is 15.3 Å². The van der Waals surface area contributed by atoms with Crippen molar-refractivity contribution in [2.75, 3.05) is 24.5 Å². The minimum Gasteiger partial charge on any atom is -0.369 e. The van der Waals surface area contributed by atoms with Crippen molar-refractivity contribution in [3.8, 4) is 0 Å². The molecule has 2 aliphatic rings. The lowest BCUT2D eigenvalue weighted by molar-refractivity contribution is 0.246. The first-order valence-electron chi connectivity index (χ1n) is 8.91. The Kier molecular flexibility index (Phi) is 4.84. The minimum atomic E-state index is 0.383. The number of nitrogens with one attached hydrogen (secondary N) is 1. The first kappa shape index (κ1) is 14.9. The molecule has 1 N–H and O–H groups in total. The summed E-state index contributed by atoms with van der Waals surface area (Å²) in [6.07, 6.45) is 10.6. The average Bonchev–Trinajstić information content (AvgIpc) is 2.72. The smallest absolute Gasteiger partial charge is 0.0399 e. The van der Waals surface area contributed by atoms with Gasteiger partial charge >= 0.3 is 0 Å². The highest BCUT2D eigenvalue weighted by atomic mass is 15.2. The van der Waals surface area contributed by atoms with E-state index < -0.39 is 0 Å². The fourth-order valence-electron chi connectivity index (χ4n) is 4.19. The molecule has 1 spiro atoms. The van der Waals surface area contributed by atoms with E-state index in [1.807, 2.05) is 0 Å². The molecule has 21 heavy (non-hydrogen) atoms. The average molecular weight is 286 g/mol. The predicted molar refractivity (Wildman–Crippen MR) is 91.1 cm³/mol. The maximum Gasteiger partial charge on any atom is 0.0399 e. The van der Waals surface area contributed by atoms with Gasteiger partial charge in [0, 0.05) is 24.3 Å². The molecule has 0 unspecified atom stereocenters. The number of hydrogen-bond donors (Lipinski definition) is 1. The van der Waals surface area contributed by atoms with Gasteiger partial charge in [-0.05, 0) is 43.9 Å². The summed E-state index contributed by atoms with van der Waals surface area (Å²) in [5, 5.41) is 3.91. The molecule has 1 saturated heterocycles. The first-order valence-corrected chi connectivity index (χ1v) is 8.91. The quantitative estimate of drug-likeness (QED) is 0.898. The molecular formula is C19H30N2. The van der Waals surface area contributed by atoms with Crippen LogP contribution in [0.25, 0.3) is 0 Å². The van der Waals surface area contributed by atoms with Crippen molar-refractivity contribution in [2.45, 2.75) is 63.8 Å². The Bertz CT molecular complexity index is 449. The van der Waals surface area contributed by atoms with E-state index in [0.717, 1.165) is 0 Å². The Balaban J connectivity index is 1.83. The molecule has 2 fully saturated rings. The second kappa shape index (κ2) is 6.83. The van der Waals surface area contributed by atoms with E-state index in [9.17, 15) is 0 Å². The van der Waals surface area contributed by atoms with Gasteiger partial charge in [0.2, 0.25) is 0 Å². The number of benzene rings is 1. The van der Waals surface area contributed by atoms with Crippen LogP contribution in [0.1, 0.15) is 57.4 Å². The Morgan fingerprint density at radius 3 is 2.71 bits per heavy atom. The van der Waals surface area contributed by atoms with E-state index in [1.54, 1.807) is 0 Å². The van der Waals surface area contributed by atoms with Gasteiger partial charge in [0.05, 0.1) is 0 Å². The van der Waals surface area contributed by atoms with Gasteiger partial charge in [-0.1, -0.05) is 50.8 Å². The van der Waals surface area contributed by atoms with Crippen LogP contribution in [0.4, 0.5) is 5.69 Å². The van der Waals surface area contributed by atoms with Crippen LogP contribution < -0.4 is 10.2 Å². The lowest BCUT2D eigenvalue weighted by Crippen LogP contribution is -2.52. The molecule has 116 valence electrons. The van der Waals surface area contributed by atoms with Gasteiger partial charge in [0.25, 0.3) is 0 Å². The summed E-state index contributed by atoms with van der Waals surface area (Å²) in [5.74, 6) is 0. The van der Waals surface area contributed by atoms with Gasteiger partial charge < -0.3 is 10.2 Å².